The van der Waals surface area contributed by atoms with Crippen molar-refractivity contribution in [1.82, 2.24) is 0 Å². The van der Waals surface area contributed by atoms with E-state index in [1.807, 2.05) is 12.1 Å². The van der Waals surface area contributed by atoms with Crippen molar-refractivity contribution in [1.29, 1.82) is 0 Å². The lowest BCUT2D eigenvalue weighted by molar-refractivity contribution is -0.360. The first-order chi connectivity index (χ1) is 9.02. The number of carbonyl (C=O) groups is 2. The highest BCUT2D eigenvalue weighted by Crippen LogP contribution is 2.06. The van der Waals surface area contributed by atoms with Gasteiger partial charge in [-0.1, -0.05) is 24.3 Å². The molecule has 0 fully saturated rings. The van der Waals surface area contributed by atoms with Crippen molar-refractivity contribution in [2.24, 2.45) is 0 Å². The maximum absolute atomic E-state index is 10.4. The molecule has 0 amide bonds. The maximum Gasteiger partial charge on any atom is 0.336 e. The molecule has 0 aliphatic carbocycles. The summed E-state index contributed by atoms with van der Waals surface area (Å²) in [5.74, 6) is -2.05. The van der Waals surface area contributed by atoms with Crippen molar-refractivity contribution in [3.8, 4) is 0 Å². The van der Waals surface area contributed by atoms with E-state index in [0.29, 0.717) is 5.82 Å². The highest BCUT2D eigenvalue weighted by molar-refractivity contribution is 6.00. The number of H-pyrrole nitrogens is 1. The van der Waals surface area contributed by atoms with Gasteiger partial charge in [-0.25, -0.2) is 9.78 Å². The molecule has 0 spiro atoms. The summed E-state index contributed by atoms with van der Waals surface area (Å²) >= 11 is 0. The predicted molar refractivity (Wildman–Crippen MR) is 65.1 cm³/mol. The van der Waals surface area contributed by atoms with Gasteiger partial charge in [0, 0.05) is 11.6 Å². The summed E-state index contributed by atoms with van der Waals surface area (Å²) in [6.07, 6.45) is 1.79. The quantitative estimate of drug-likeness (QED) is 0.777. The minimum atomic E-state index is -1.48. The molecule has 0 saturated heterocycles. The molecule has 6 nitrogen and oxygen atoms in total. The lowest BCUT2D eigenvalue weighted by Gasteiger charge is -2.04. The van der Waals surface area contributed by atoms with Crippen LogP contribution in [0.3, 0.4) is 0 Å². The van der Waals surface area contributed by atoms with Crippen molar-refractivity contribution < 1.29 is 24.8 Å². The van der Waals surface area contributed by atoms with Crippen molar-refractivity contribution in [3.63, 3.8) is 0 Å². The molecule has 0 radical (unpaired) electrons. The predicted octanol–water partition coefficient (Wildman–Crippen LogP) is -0.169. The van der Waals surface area contributed by atoms with E-state index in [2.05, 4.69) is 4.98 Å². The Bertz CT molecular complexity index is 537. The van der Waals surface area contributed by atoms with Crippen LogP contribution in [0, 0.1) is 0 Å². The largest absolute Gasteiger partial charge is 0.545 e. The minimum Gasteiger partial charge on any atom is -0.545 e. The Hall–Kier alpha value is -2.89. The van der Waals surface area contributed by atoms with Crippen LogP contribution in [0.1, 0.15) is 20.7 Å². The summed E-state index contributed by atoms with van der Waals surface area (Å²) in [6, 6.07) is 10.9. The van der Waals surface area contributed by atoms with Gasteiger partial charge in [-0.3, -0.25) is 5.73 Å². The van der Waals surface area contributed by atoms with Gasteiger partial charge in [0.1, 0.15) is 0 Å². The van der Waals surface area contributed by atoms with Gasteiger partial charge in [0.25, 0.3) is 5.82 Å². The summed E-state index contributed by atoms with van der Waals surface area (Å²) in [5.41, 5.74) is 4.75. The highest BCUT2D eigenvalue weighted by atomic mass is 16.4. The number of carboxylic acid groups (broad SMARTS) is 2. The number of nitrogen functional groups attached to an aromatic ring is 1. The van der Waals surface area contributed by atoms with Crippen molar-refractivity contribution in [2.45, 2.75) is 0 Å². The second-order valence-corrected chi connectivity index (χ2v) is 3.46. The summed E-state index contributed by atoms with van der Waals surface area (Å²) in [5, 5.41) is 18.9. The summed E-state index contributed by atoms with van der Waals surface area (Å²) in [4.78, 5) is 23.6. The van der Waals surface area contributed by atoms with Gasteiger partial charge in [0.05, 0.1) is 17.7 Å². The number of carbonyl (C=O) groups excluding carboxylic acids is 1. The smallest absolute Gasteiger partial charge is 0.336 e. The molecule has 2 aromatic rings. The Morgan fingerprint density at radius 1 is 1.05 bits per heavy atom. The van der Waals surface area contributed by atoms with Crippen LogP contribution in [0.25, 0.3) is 0 Å². The van der Waals surface area contributed by atoms with Crippen LogP contribution in [0.15, 0.2) is 48.7 Å². The number of nitrogens with two attached hydrogens (primary N) is 1. The molecule has 0 bridgehead atoms. The fourth-order valence-electron chi connectivity index (χ4n) is 1.25. The molecule has 2 rings (SSSR count). The second-order valence-electron chi connectivity index (χ2n) is 3.46. The van der Waals surface area contributed by atoms with Gasteiger partial charge in [-0.15, -0.1) is 0 Å². The normalized spacial score (nSPS) is 9.05. The zero-order valence-corrected chi connectivity index (χ0v) is 9.87. The summed E-state index contributed by atoms with van der Waals surface area (Å²) in [6.45, 7) is 0. The van der Waals surface area contributed by atoms with E-state index in [9.17, 15) is 14.7 Å². The number of hydrogen-bond acceptors (Lipinski definition) is 4. The molecule has 4 N–H and O–H groups in total. The molecule has 0 aliphatic rings. The molecular formula is C13H12N2O4. The third-order valence-electron chi connectivity index (χ3n) is 2.11. The van der Waals surface area contributed by atoms with Crippen LogP contribution in [0.4, 0.5) is 5.82 Å². The molecule has 0 unspecified atom stereocenters. The number of aromatic carboxylic acids is 2. The minimum absolute atomic E-state index is 0.252. The van der Waals surface area contributed by atoms with E-state index < -0.39 is 11.9 Å². The number of nitrogens with one attached hydrogen (secondary N) is 1. The number of aromatic amines is 1. The van der Waals surface area contributed by atoms with E-state index in [1.165, 1.54) is 24.3 Å². The van der Waals surface area contributed by atoms with E-state index in [0.717, 1.165) is 0 Å². The first-order valence-corrected chi connectivity index (χ1v) is 5.28. The second kappa shape index (κ2) is 6.75. The standard InChI is InChI=1S/C8H6O4.C5H6N2/c9-7(10)5-3-1-2-4-6(5)8(11)12;6-5-3-1-2-4-7-5/h1-4H,(H,9,10)(H,11,12);1-4H,(H2,6,7). The van der Waals surface area contributed by atoms with Gasteiger partial charge in [-0.2, -0.15) is 0 Å². The van der Waals surface area contributed by atoms with E-state index in [-0.39, 0.29) is 11.1 Å². The molecule has 98 valence electrons. The average molecular weight is 260 g/mol. The van der Waals surface area contributed by atoms with Gasteiger partial charge in [0.15, 0.2) is 0 Å². The molecule has 1 heterocycles. The SMILES string of the molecule is Nc1cccc[nH+]1.O=C([O-])c1ccccc1C(=O)O. The maximum atomic E-state index is 10.4. The number of aromatic nitrogens is 1. The van der Waals surface area contributed by atoms with Crippen molar-refractivity contribution in [3.05, 3.63) is 59.8 Å². The fourth-order valence-corrected chi connectivity index (χ4v) is 1.25. The lowest BCUT2D eigenvalue weighted by atomic mass is 10.1. The highest BCUT2D eigenvalue weighted by Gasteiger charge is 2.08. The molecular weight excluding hydrogens is 248 g/mol. The van der Waals surface area contributed by atoms with Crippen LogP contribution in [0.5, 0.6) is 0 Å². The van der Waals surface area contributed by atoms with Gasteiger partial charge >= 0.3 is 5.97 Å². The Morgan fingerprint density at radius 2 is 1.63 bits per heavy atom. The Balaban J connectivity index is 0.000000218. The van der Waals surface area contributed by atoms with Crippen LogP contribution in [-0.4, -0.2) is 17.0 Å². The van der Waals surface area contributed by atoms with Crippen LogP contribution >= 0.6 is 0 Å². The lowest BCUT2D eigenvalue weighted by Crippen LogP contribution is -2.24. The number of anilines is 1. The van der Waals surface area contributed by atoms with Gasteiger partial charge in [0.2, 0.25) is 0 Å². The molecule has 0 atom stereocenters. The molecule has 19 heavy (non-hydrogen) atoms. The topological polar surface area (TPSA) is 118 Å². The summed E-state index contributed by atoms with van der Waals surface area (Å²) < 4.78 is 0. The van der Waals surface area contributed by atoms with Gasteiger partial charge in [-0.05, 0) is 12.1 Å². The first-order valence-electron chi connectivity index (χ1n) is 5.28. The number of pyridine rings is 1. The Morgan fingerprint density at radius 3 is 1.95 bits per heavy atom. The molecule has 1 aromatic carbocycles. The Kier molecular flexibility index (Phi) is 5.04. The monoisotopic (exact) mass is 260 g/mol. The van der Waals surface area contributed by atoms with E-state index in [1.54, 1.807) is 12.3 Å². The van der Waals surface area contributed by atoms with E-state index >= 15 is 0 Å². The third kappa shape index (κ3) is 4.47. The fraction of sp³-hybridized carbons (Fsp3) is 0. The van der Waals surface area contributed by atoms with Gasteiger partial charge < -0.3 is 15.0 Å². The number of rotatable bonds is 2. The van der Waals surface area contributed by atoms with Crippen LogP contribution in [0.2, 0.25) is 0 Å². The summed E-state index contributed by atoms with van der Waals surface area (Å²) in [7, 11) is 0. The zero-order chi connectivity index (χ0) is 14.3. The third-order valence-corrected chi connectivity index (χ3v) is 2.11. The Labute approximate surface area is 109 Å². The molecule has 0 saturated carbocycles. The zero-order valence-electron chi connectivity index (χ0n) is 9.87. The van der Waals surface area contributed by atoms with Crippen LogP contribution in [-0.2, 0) is 0 Å². The first kappa shape index (κ1) is 14.2. The molecule has 6 heteroatoms. The van der Waals surface area contributed by atoms with Crippen molar-refractivity contribution >= 4 is 17.8 Å². The average Bonchev–Trinajstić information content (AvgIpc) is 2.40. The van der Waals surface area contributed by atoms with E-state index in [4.69, 9.17) is 10.8 Å². The molecule has 1 aromatic heterocycles. The number of hydrogen-bond donors (Lipinski definition) is 2. The van der Waals surface area contributed by atoms with Crippen molar-refractivity contribution in [2.75, 3.05) is 5.73 Å². The number of benzene rings is 1. The van der Waals surface area contributed by atoms with Crippen LogP contribution < -0.4 is 15.8 Å². The molecule has 0 aliphatic heterocycles. The number of carboxylic acids is 2.